The molecule has 22 heavy (non-hydrogen) atoms. The van der Waals surface area contributed by atoms with Crippen LogP contribution < -0.4 is 0 Å². The summed E-state index contributed by atoms with van der Waals surface area (Å²) in [6.45, 7) is 2.59. The maximum absolute atomic E-state index is 11.6. The third kappa shape index (κ3) is 4.20. The summed E-state index contributed by atoms with van der Waals surface area (Å²) < 4.78 is 9.80. The summed E-state index contributed by atoms with van der Waals surface area (Å²) in [6, 6.07) is 9.79. The molecule has 114 valence electrons. The van der Waals surface area contributed by atoms with E-state index in [0.717, 1.165) is 16.5 Å². The van der Waals surface area contributed by atoms with Crippen LogP contribution in [0.5, 0.6) is 0 Å². The van der Waals surface area contributed by atoms with E-state index in [1.165, 1.54) is 11.8 Å². The molecule has 0 spiro atoms. The van der Waals surface area contributed by atoms with Crippen molar-refractivity contribution in [2.24, 2.45) is 0 Å². The molecule has 0 amide bonds. The second-order valence-corrected chi connectivity index (χ2v) is 5.62. The van der Waals surface area contributed by atoms with Gasteiger partial charge in [0.1, 0.15) is 17.7 Å². The summed E-state index contributed by atoms with van der Waals surface area (Å²) in [5.41, 5.74) is 2.38. The van der Waals surface area contributed by atoms with Gasteiger partial charge in [0.25, 0.3) is 0 Å². The first-order chi connectivity index (χ1) is 10.6. The quantitative estimate of drug-likeness (QED) is 0.463. The number of esters is 1. The third-order valence-electron chi connectivity index (χ3n) is 2.93. The third-order valence-corrected chi connectivity index (χ3v) is 3.90. The maximum Gasteiger partial charge on any atom is 0.316 e. The second-order valence-electron chi connectivity index (χ2n) is 4.65. The topological polar surface area (TPSA) is 72.2 Å². The number of thioether (sulfide) groups is 1. The van der Waals surface area contributed by atoms with Crippen LogP contribution in [0.2, 0.25) is 0 Å². The van der Waals surface area contributed by atoms with Crippen molar-refractivity contribution in [3.8, 4) is 6.07 Å². The van der Waals surface area contributed by atoms with Gasteiger partial charge >= 0.3 is 5.97 Å². The van der Waals surface area contributed by atoms with E-state index in [-0.39, 0.29) is 18.3 Å². The number of hydrogen-bond donors (Lipinski definition) is 0. The highest BCUT2D eigenvalue weighted by Crippen LogP contribution is 2.25. The minimum atomic E-state index is -0.350. The Labute approximate surface area is 133 Å². The van der Waals surface area contributed by atoms with E-state index in [0.29, 0.717) is 17.2 Å². The highest BCUT2D eigenvalue weighted by atomic mass is 32.2. The molecule has 1 aromatic carbocycles. The van der Waals surface area contributed by atoms with Gasteiger partial charge < -0.3 is 9.47 Å². The zero-order valence-electron chi connectivity index (χ0n) is 12.5. The molecule has 0 fully saturated rings. The zero-order chi connectivity index (χ0) is 15.9. The Morgan fingerprint density at radius 2 is 2.18 bits per heavy atom. The van der Waals surface area contributed by atoms with Crippen molar-refractivity contribution in [2.75, 3.05) is 26.1 Å². The van der Waals surface area contributed by atoms with E-state index in [1.807, 2.05) is 25.1 Å². The molecule has 0 aliphatic rings. The van der Waals surface area contributed by atoms with Gasteiger partial charge in [-0.1, -0.05) is 23.4 Å². The summed E-state index contributed by atoms with van der Waals surface area (Å²) >= 11 is 1.21. The summed E-state index contributed by atoms with van der Waals surface area (Å²) in [5.74, 6) is -0.236. The maximum atomic E-state index is 11.6. The molecule has 0 bridgehead atoms. The second kappa shape index (κ2) is 7.78. The molecule has 0 atom stereocenters. The number of benzene rings is 1. The molecular formula is C16H16N2O3S. The van der Waals surface area contributed by atoms with Crippen molar-refractivity contribution in [3.05, 3.63) is 35.4 Å². The summed E-state index contributed by atoms with van der Waals surface area (Å²) in [6.07, 6.45) is 0. The fourth-order valence-corrected chi connectivity index (χ4v) is 2.64. The van der Waals surface area contributed by atoms with Crippen LogP contribution in [0.1, 0.15) is 11.1 Å². The van der Waals surface area contributed by atoms with Crippen LogP contribution in [-0.4, -0.2) is 37.0 Å². The van der Waals surface area contributed by atoms with Crippen molar-refractivity contribution in [3.63, 3.8) is 0 Å². The van der Waals surface area contributed by atoms with Crippen molar-refractivity contribution in [1.82, 2.24) is 4.98 Å². The summed E-state index contributed by atoms with van der Waals surface area (Å²) in [7, 11) is 1.54. The van der Waals surface area contributed by atoms with E-state index in [1.54, 1.807) is 13.2 Å². The number of pyridine rings is 1. The van der Waals surface area contributed by atoms with Gasteiger partial charge in [0.2, 0.25) is 0 Å². The van der Waals surface area contributed by atoms with Gasteiger partial charge in [-0.25, -0.2) is 4.98 Å². The first kappa shape index (κ1) is 16.3. The largest absolute Gasteiger partial charge is 0.463 e. The highest BCUT2D eigenvalue weighted by molar-refractivity contribution is 7.99. The number of hydrogen-bond acceptors (Lipinski definition) is 6. The van der Waals surface area contributed by atoms with E-state index in [2.05, 4.69) is 11.1 Å². The van der Waals surface area contributed by atoms with Crippen molar-refractivity contribution in [1.29, 1.82) is 5.26 Å². The van der Waals surface area contributed by atoms with Crippen LogP contribution in [0.3, 0.4) is 0 Å². The predicted molar refractivity (Wildman–Crippen MR) is 84.8 cm³/mol. The van der Waals surface area contributed by atoms with Crippen LogP contribution >= 0.6 is 11.8 Å². The molecule has 0 aliphatic heterocycles. The van der Waals surface area contributed by atoms with E-state index < -0.39 is 0 Å². The minimum absolute atomic E-state index is 0.114. The number of carbonyl (C=O) groups is 1. The molecule has 0 aliphatic carbocycles. The number of aromatic nitrogens is 1. The molecule has 0 radical (unpaired) electrons. The first-order valence-corrected chi connectivity index (χ1v) is 7.71. The Morgan fingerprint density at radius 3 is 2.91 bits per heavy atom. The molecule has 1 heterocycles. The van der Waals surface area contributed by atoms with Gasteiger partial charge in [0.15, 0.2) is 0 Å². The number of aryl methyl sites for hydroxylation is 1. The lowest BCUT2D eigenvalue weighted by atomic mass is 10.1. The van der Waals surface area contributed by atoms with Crippen molar-refractivity contribution < 1.29 is 14.3 Å². The molecule has 0 saturated carbocycles. The van der Waals surface area contributed by atoms with Crippen LogP contribution in [-0.2, 0) is 14.3 Å². The molecule has 0 saturated heterocycles. The van der Waals surface area contributed by atoms with Crippen LogP contribution in [0.25, 0.3) is 10.9 Å². The molecule has 2 aromatic rings. The molecule has 1 aromatic heterocycles. The SMILES string of the molecule is COCCOC(=O)CSc1nc2ccc(C)cc2cc1C#N. The Hall–Kier alpha value is -2.10. The molecule has 0 unspecified atom stereocenters. The van der Waals surface area contributed by atoms with E-state index in [9.17, 15) is 10.1 Å². The average molecular weight is 316 g/mol. The lowest BCUT2D eigenvalue weighted by molar-refractivity contribution is -0.141. The zero-order valence-corrected chi connectivity index (χ0v) is 13.3. The monoisotopic (exact) mass is 316 g/mol. The fraction of sp³-hybridized carbons (Fsp3) is 0.312. The number of nitrogens with zero attached hydrogens (tertiary/aromatic N) is 2. The van der Waals surface area contributed by atoms with Gasteiger partial charge in [-0.05, 0) is 25.1 Å². The van der Waals surface area contributed by atoms with Gasteiger partial charge in [0, 0.05) is 12.5 Å². The minimum Gasteiger partial charge on any atom is -0.463 e. The van der Waals surface area contributed by atoms with Gasteiger partial charge in [-0.2, -0.15) is 5.26 Å². The Balaban J connectivity index is 2.12. The number of methoxy groups -OCH3 is 1. The van der Waals surface area contributed by atoms with Crippen LogP contribution in [0.15, 0.2) is 29.3 Å². The summed E-state index contributed by atoms with van der Waals surface area (Å²) in [5, 5.41) is 10.7. The number of rotatable bonds is 6. The highest BCUT2D eigenvalue weighted by Gasteiger charge is 2.11. The van der Waals surface area contributed by atoms with Crippen molar-refractivity contribution >= 4 is 28.6 Å². The lowest BCUT2D eigenvalue weighted by Gasteiger charge is -2.07. The van der Waals surface area contributed by atoms with Crippen LogP contribution in [0, 0.1) is 18.3 Å². The fourth-order valence-electron chi connectivity index (χ4n) is 1.88. The Morgan fingerprint density at radius 1 is 1.36 bits per heavy atom. The number of nitriles is 1. The van der Waals surface area contributed by atoms with Gasteiger partial charge in [-0.15, -0.1) is 0 Å². The molecule has 0 N–H and O–H groups in total. The lowest BCUT2D eigenvalue weighted by Crippen LogP contribution is -2.11. The van der Waals surface area contributed by atoms with E-state index in [4.69, 9.17) is 9.47 Å². The van der Waals surface area contributed by atoms with Gasteiger partial charge in [0.05, 0.1) is 23.4 Å². The summed E-state index contributed by atoms with van der Waals surface area (Å²) in [4.78, 5) is 16.1. The normalized spacial score (nSPS) is 10.4. The Kier molecular flexibility index (Phi) is 5.75. The predicted octanol–water partition coefficient (Wildman–Crippen LogP) is 2.70. The number of ether oxygens (including phenoxy) is 2. The van der Waals surface area contributed by atoms with E-state index >= 15 is 0 Å². The number of fused-ring (bicyclic) bond motifs is 1. The molecule has 6 heteroatoms. The standard InChI is InChI=1S/C16H16N2O3S/c1-11-3-4-14-12(7-11)8-13(9-17)16(18-14)22-10-15(19)21-6-5-20-2/h3-4,7-8H,5-6,10H2,1-2H3. The molecule has 2 rings (SSSR count). The van der Waals surface area contributed by atoms with Crippen molar-refractivity contribution in [2.45, 2.75) is 11.9 Å². The first-order valence-electron chi connectivity index (χ1n) is 6.73. The van der Waals surface area contributed by atoms with Gasteiger partial charge in [-0.3, -0.25) is 4.79 Å². The number of carbonyl (C=O) groups excluding carboxylic acids is 1. The average Bonchev–Trinajstić information content (AvgIpc) is 2.52. The Bertz CT molecular complexity index is 725. The smallest absolute Gasteiger partial charge is 0.316 e. The molecular weight excluding hydrogens is 300 g/mol. The van der Waals surface area contributed by atoms with Crippen LogP contribution in [0.4, 0.5) is 0 Å². The molecule has 5 nitrogen and oxygen atoms in total.